The number of carbonyl (C=O) groups is 2. The van der Waals surface area contributed by atoms with E-state index < -0.39 is 29.7 Å². The fourth-order valence-electron chi connectivity index (χ4n) is 2.61. The summed E-state index contributed by atoms with van der Waals surface area (Å²) >= 11 is 1.52. The van der Waals surface area contributed by atoms with Crippen LogP contribution in [0.4, 0.5) is 0 Å². The second-order valence-electron chi connectivity index (χ2n) is 4.74. The van der Waals surface area contributed by atoms with Gasteiger partial charge in [0.25, 0.3) is 5.60 Å². The third-order valence-corrected chi connectivity index (χ3v) is 4.58. The summed E-state index contributed by atoms with van der Waals surface area (Å²) in [6.07, 6.45) is -0.838. The number of esters is 2. The van der Waals surface area contributed by atoms with Gasteiger partial charge in [0.15, 0.2) is 0 Å². The third kappa shape index (κ3) is 1.85. The largest absolute Gasteiger partial charge is 0.463 e. The molecule has 6 nitrogen and oxygen atoms in total. The van der Waals surface area contributed by atoms with Gasteiger partial charge in [-0.15, -0.1) is 11.3 Å². The Morgan fingerprint density at radius 2 is 2.45 bits per heavy atom. The highest BCUT2D eigenvalue weighted by Crippen LogP contribution is 2.48. The fraction of sp³-hybridized carbons (Fsp3) is 0.538. The molecule has 0 saturated carbocycles. The van der Waals surface area contributed by atoms with Gasteiger partial charge in [0.05, 0.1) is 18.6 Å². The molecule has 0 radical (unpaired) electrons. The molecule has 7 heteroatoms. The van der Waals surface area contributed by atoms with E-state index in [1.807, 2.05) is 17.5 Å². The van der Waals surface area contributed by atoms with Crippen LogP contribution in [0.1, 0.15) is 24.3 Å². The monoisotopic (exact) mass is 298 g/mol. The minimum atomic E-state index is -2.26. The van der Waals surface area contributed by atoms with Crippen molar-refractivity contribution in [3.63, 3.8) is 0 Å². The van der Waals surface area contributed by atoms with Gasteiger partial charge in [-0.05, 0) is 24.8 Å². The molecule has 108 valence electrons. The van der Waals surface area contributed by atoms with Gasteiger partial charge in [-0.25, -0.2) is 9.59 Å². The molecule has 3 heterocycles. The maximum Gasteiger partial charge on any atom is 0.352 e. The molecular weight excluding hydrogens is 284 g/mol. The molecule has 2 fully saturated rings. The topological polar surface area (TPSA) is 82.1 Å². The summed E-state index contributed by atoms with van der Waals surface area (Å²) in [4.78, 5) is 24.6. The number of fused-ring (bicyclic) bond motifs is 1. The predicted octanol–water partition coefficient (Wildman–Crippen LogP) is 1.00. The summed E-state index contributed by atoms with van der Waals surface area (Å²) in [6.45, 7) is 1.69. The number of hydrogen-bond acceptors (Lipinski definition) is 7. The van der Waals surface area contributed by atoms with Crippen LogP contribution >= 0.6 is 11.3 Å². The lowest BCUT2D eigenvalue weighted by Crippen LogP contribution is -2.50. The number of ether oxygens (including phenoxy) is 3. The van der Waals surface area contributed by atoms with Crippen molar-refractivity contribution < 1.29 is 28.9 Å². The highest BCUT2D eigenvalue weighted by molar-refractivity contribution is 7.10. The Bertz CT molecular complexity index is 527. The van der Waals surface area contributed by atoms with Gasteiger partial charge in [0, 0.05) is 4.88 Å². The van der Waals surface area contributed by atoms with Gasteiger partial charge in [-0.2, -0.15) is 0 Å². The molecule has 1 aromatic rings. The van der Waals surface area contributed by atoms with Crippen molar-refractivity contribution >= 4 is 23.3 Å². The molecule has 2 aliphatic heterocycles. The van der Waals surface area contributed by atoms with Gasteiger partial charge < -0.3 is 19.3 Å². The average Bonchev–Trinajstić information content (AvgIpc) is 3.09. The summed E-state index contributed by atoms with van der Waals surface area (Å²) in [5, 5.41) is 12.3. The van der Waals surface area contributed by atoms with E-state index in [4.69, 9.17) is 14.2 Å². The molecule has 0 spiro atoms. The van der Waals surface area contributed by atoms with E-state index >= 15 is 0 Å². The molecule has 20 heavy (non-hydrogen) atoms. The molecule has 2 aliphatic rings. The number of thiophene rings is 1. The van der Waals surface area contributed by atoms with Crippen molar-refractivity contribution in [2.24, 2.45) is 5.92 Å². The minimum Gasteiger partial charge on any atom is -0.463 e. The van der Waals surface area contributed by atoms with Crippen LogP contribution in [-0.4, -0.2) is 35.5 Å². The molecule has 0 bridgehead atoms. The maximum absolute atomic E-state index is 11.9. The lowest BCUT2D eigenvalue weighted by molar-refractivity contribution is -0.180. The molecule has 0 amide bonds. The van der Waals surface area contributed by atoms with E-state index in [1.165, 1.54) is 11.3 Å². The zero-order chi connectivity index (χ0) is 14.3. The third-order valence-electron chi connectivity index (χ3n) is 3.61. The van der Waals surface area contributed by atoms with Gasteiger partial charge in [0.2, 0.25) is 6.29 Å². The molecule has 2 saturated heterocycles. The summed E-state index contributed by atoms with van der Waals surface area (Å²) in [6, 6.07) is 3.79. The Kier molecular flexibility index (Phi) is 3.27. The second-order valence-corrected chi connectivity index (χ2v) is 5.72. The highest BCUT2D eigenvalue weighted by atomic mass is 32.1. The molecule has 4 atom stereocenters. The normalized spacial score (nSPS) is 35.7. The maximum atomic E-state index is 11.9. The molecular formula is C13H14O6S. The molecule has 3 rings (SSSR count). The van der Waals surface area contributed by atoms with Crippen LogP contribution in [0.25, 0.3) is 0 Å². The predicted molar refractivity (Wildman–Crippen MR) is 67.7 cm³/mol. The Morgan fingerprint density at radius 3 is 3.10 bits per heavy atom. The van der Waals surface area contributed by atoms with Crippen molar-refractivity contribution in [2.45, 2.75) is 31.3 Å². The zero-order valence-corrected chi connectivity index (χ0v) is 11.6. The van der Waals surface area contributed by atoms with Gasteiger partial charge in [-0.1, -0.05) is 6.07 Å². The van der Waals surface area contributed by atoms with E-state index in [1.54, 1.807) is 6.92 Å². The summed E-state index contributed by atoms with van der Waals surface area (Å²) < 4.78 is 15.4. The number of rotatable bonds is 3. The highest BCUT2D eigenvalue weighted by Gasteiger charge is 2.66. The van der Waals surface area contributed by atoms with Crippen molar-refractivity contribution in [1.82, 2.24) is 0 Å². The second kappa shape index (κ2) is 4.83. The van der Waals surface area contributed by atoms with E-state index in [0.717, 1.165) is 4.88 Å². The zero-order valence-electron chi connectivity index (χ0n) is 10.8. The lowest BCUT2D eigenvalue weighted by atomic mass is 9.86. The smallest absolute Gasteiger partial charge is 0.352 e. The molecule has 1 aromatic heterocycles. The number of aliphatic hydroxyl groups is 1. The Balaban J connectivity index is 1.84. The van der Waals surface area contributed by atoms with Crippen LogP contribution in [-0.2, 0) is 23.8 Å². The first kappa shape index (κ1) is 13.5. The van der Waals surface area contributed by atoms with Crippen LogP contribution in [0.15, 0.2) is 17.5 Å². The summed E-state index contributed by atoms with van der Waals surface area (Å²) in [5.41, 5.74) is -2.26. The Hall–Kier alpha value is -1.44. The van der Waals surface area contributed by atoms with Crippen LogP contribution < -0.4 is 0 Å². The first-order valence-electron chi connectivity index (χ1n) is 6.37. The van der Waals surface area contributed by atoms with Gasteiger partial charge in [-0.3, -0.25) is 0 Å². The summed E-state index contributed by atoms with van der Waals surface area (Å²) in [5.74, 6) is -2.69. The van der Waals surface area contributed by atoms with E-state index in [2.05, 4.69) is 0 Å². The van der Waals surface area contributed by atoms with Crippen molar-refractivity contribution in [2.75, 3.05) is 6.61 Å². The van der Waals surface area contributed by atoms with Gasteiger partial charge in [0.1, 0.15) is 0 Å². The van der Waals surface area contributed by atoms with E-state index in [-0.39, 0.29) is 12.7 Å². The fourth-order valence-corrected chi connectivity index (χ4v) is 3.39. The van der Waals surface area contributed by atoms with Crippen LogP contribution in [0.3, 0.4) is 0 Å². The van der Waals surface area contributed by atoms with E-state index in [9.17, 15) is 14.7 Å². The Labute approximate surface area is 119 Å². The minimum absolute atomic E-state index is 0.0843. The standard InChI is InChI=1S/C13H14O6S/c1-2-17-11(14)13(16)7-6-8(9-4-3-5-20-9)18-10(7)19-12(13)15/h3-5,7-8,10,16H,2,6H2,1H3/t7?,8-,10?,13-/m1/s1. The lowest BCUT2D eigenvalue weighted by Gasteiger charge is -2.21. The first-order valence-corrected chi connectivity index (χ1v) is 7.24. The Morgan fingerprint density at radius 1 is 1.65 bits per heavy atom. The first-order chi connectivity index (χ1) is 9.57. The quantitative estimate of drug-likeness (QED) is 0.662. The molecule has 1 N–H and O–H groups in total. The summed E-state index contributed by atoms with van der Waals surface area (Å²) in [7, 11) is 0. The van der Waals surface area contributed by atoms with Crippen LogP contribution in [0.2, 0.25) is 0 Å². The van der Waals surface area contributed by atoms with Crippen molar-refractivity contribution in [1.29, 1.82) is 0 Å². The van der Waals surface area contributed by atoms with Crippen LogP contribution in [0.5, 0.6) is 0 Å². The van der Waals surface area contributed by atoms with Crippen molar-refractivity contribution in [3.05, 3.63) is 22.4 Å². The number of hydrogen-bond donors (Lipinski definition) is 1. The van der Waals surface area contributed by atoms with Gasteiger partial charge >= 0.3 is 11.9 Å². The molecule has 0 aliphatic carbocycles. The van der Waals surface area contributed by atoms with E-state index in [0.29, 0.717) is 6.42 Å². The number of carbonyl (C=O) groups excluding carboxylic acids is 2. The SMILES string of the molecule is CCOC(=O)[C@@]1(O)C(=O)OC2O[C@@H](c3cccs3)CC21. The van der Waals surface area contributed by atoms with Crippen LogP contribution in [0, 0.1) is 5.92 Å². The van der Waals surface area contributed by atoms with Crippen molar-refractivity contribution in [3.8, 4) is 0 Å². The average molecular weight is 298 g/mol. The molecule has 2 unspecified atom stereocenters. The molecule has 0 aromatic carbocycles.